The predicted molar refractivity (Wildman–Crippen MR) is 58.1 cm³/mol. The van der Waals surface area contributed by atoms with Crippen molar-refractivity contribution in [3.63, 3.8) is 0 Å². The predicted octanol–water partition coefficient (Wildman–Crippen LogP) is 1.61. The Bertz CT molecular complexity index is 367. The highest BCUT2D eigenvalue weighted by Crippen LogP contribution is 2.19. The Kier molecular flexibility index (Phi) is 4.70. The van der Waals surface area contributed by atoms with E-state index in [0.29, 0.717) is 0 Å². The smallest absolute Gasteiger partial charge is 0.321 e. The average Bonchev–Trinajstić information content (AvgIpc) is 2.22. The number of nitrogens with two attached hydrogens (primary N) is 1. The molecule has 0 saturated carbocycles. The minimum absolute atomic E-state index is 0.0508. The van der Waals surface area contributed by atoms with Crippen molar-refractivity contribution in [3.05, 3.63) is 35.4 Å². The highest BCUT2D eigenvalue weighted by atomic mass is 32.2. The van der Waals surface area contributed by atoms with Crippen molar-refractivity contribution in [1.29, 1.82) is 0 Å². The third-order valence-electron chi connectivity index (χ3n) is 1.92. The van der Waals surface area contributed by atoms with Crippen LogP contribution in [0.25, 0.3) is 0 Å². The van der Waals surface area contributed by atoms with Gasteiger partial charge in [0.25, 0.3) is 0 Å². The van der Waals surface area contributed by atoms with Crippen LogP contribution in [0.15, 0.2) is 18.2 Å². The number of hydrogen-bond acceptors (Lipinski definition) is 3. The van der Waals surface area contributed by atoms with E-state index in [-0.39, 0.29) is 17.1 Å². The minimum atomic E-state index is -1.12. The second-order valence-electron chi connectivity index (χ2n) is 3.16. The summed E-state index contributed by atoms with van der Waals surface area (Å²) in [5, 5.41) is 8.50. The Labute approximate surface area is 95.6 Å². The molecule has 16 heavy (non-hydrogen) atoms. The van der Waals surface area contributed by atoms with E-state index in [9.17, 15) is 13.6 Å². The maximum atomic E-state index is 13.1. The van der Waals surface area contributed by atoms with Gasteiger partial charge in [-0.05, 0) is 12.1 Å². The number of thioether (sulfide) groups is 1. The number of halogens is 2. The van der Waals surface area contributed by atoms with Gasteiger partial charge in [-0.25, -0.2) is 8.78 Å². The minimum Gasteiger partial charge on any atom is -0.480 e. The molecule has 0 aromatic heterocycles. The Morgan fingerprint density at radius 2 is 2.00 bits per heavy atom. The quantitative estimate of drug-likeness (QED) is 0.829. The van der Waals surface area contributed by atoms with Crippen molar-refractivity contribution in [3.8, 4) is 0 Å². The molecule has 0 spiro atoms. The van der Waals surface area contributed by atoms with Crippen LogP contribution in [0, 0.1) is 11.6 Å². The van der Waals surface area contributed by atoms with E-state index < -0.39 is 23.6 Å². The zero-order chi connectivity index (χ0) is 12.1. The van der Waals surface area contributed by atoms with Gasteiger partial charge in [0.1, 0.15) is 17.7 Å². The fourth-order valence-electron chi connectivity index (χ4n) is 1.03. The Hall–Kier alpha value is -1.14. The molecule has 1 atom stereocenters. The maximum absolute atomic E-state index is 13.1. The summed E-state index contributed by atoms with van der Waals surface area (Å²) < 4.78 is 26.3. The first-order valence-corrected chi connectivity index (χ1v) is 5.67. The van der Waals surface area contributed by atoms with Gasteiger partial charge in [-0.3, -0.25) is 4.79 Å². The largest absolute Gasteiger partial charge is 0.480 e. The van der Waals surface area contributed by atoms with Crippen molar-refractivity contribution < 1.29 is 18.7 Å². The number of aliphatic carboxylic acids is 1. The molecule has 0 radical (unpaired) electrons. The molecule has 0 amide bonds. The van der Waals surface area contributed by atoms with Gasteiger partial charge in [-0.2, -0.15) is 11.8 Å². The van der Waals surface area contributed by atoms with E-state index in [2.05, 4.69) is 0 Å². The fraction of sp³-hybridized carbons (Fsp3) is 0.300. The van der Waals surface area contributed by atoms with Crippen LogP contribution in [0.5, 0.6) is 0 Å². The molecule has 88 valence electrons. The lowest BCUT2D eigenvalue weighted by molar-refractivity contribution is -0.137. The molecule has 0 heterocycles. The van der Waals surface area contributed by atoms with Crippen molar-refractivity contribution in [2.75, 3.05) is 5.75 Å². The molecule has 0 fully saturated rings. The first-order chi connectivity index (χ1) is 7.52. The SMILES string of the molecule is NC(CSCc1c(F)cccc1F)C(=O)O. The summed E-state index contributed by atoms with van der Waals surface area (Å²) in [5.74, 6) is -2.20. The number of carboxylic acid groups (broad SMARTS) is 1. The normalized spacial score (nSPS) is 12.4. The van der Waals surface area contributed by atoms with Gasteiger partial charge in [0.2, 0.25) is 0 Å². The number of rotatable bonds is 5. The van der Waals surface area contributed by atoms with E-state index in [1.165, 1.54) is 6.07 Å². The Morgan fingerprint density at radius 1 is 1.44 bits per heavy atom. The number of carbonyl (C=O) groups is 1. The Morgan fingerprint density at radius 3 is 2.50 bits per heavy atom. The van der Waals surface area contributed by atoms with Crippen LogP contribution < -0.4 is 5.73 Å². The third-order valence-corrected chi connectivity index (χ3v) is 3.01. The molecule has 1 unspecified atom stereocenters. The van der Waals surface area contributed by atoms with Gasteiger partial charge in [-0.15, -0.1) is 0 Å². The van der Waals surface area contributed by atoms with Crippen LogP contribution in [0.1, 0.15) is 5.56 Å². The molecule has 0 aliphatic heterocycles. The molecule has 1 rings (SSSR count). The zero-order valence-electron chi connectivity index (χ0n) is 8.32. The Balaban J connectivity index is 2.52. The molecule has 1 aromatic rings. The van der Waals surface area contributed by atoms with Crippen LogP contribution in [0.2, 0.25) is 0 Å². The highest BCUT2D eigenvalue weighted by molar-refractivity contribution is 7.98. The molecule has 6 heteroatoms. The lowest BCUT2D eigenvalue weighted by Crippen LogP contribution is -2.32. The van der Waals surface area contributed by atoms with Crippen LogP contribution in [-0.2, 0) is 10.5 Å². The van der Waals surface area contributed by atoms with E-state index in [0.717, 1.165) is 23.9 Å². The monoisotopic (exact) mass is 247 g/mol. The number of carboxylic acids is 1. The van der Waals surface area contributed by atoms with E-state index in [1.807, 2.05) is 0 Å². The lowest BCUT2D eigenvalue weighted by Gasteiger charge is -2.07. The van der Waals surface area contributed by atoms with Crippen molar-refractivity contribution in [2.24, 2.45) is 5.73 Å². The zero-order valence-corrected chi connectivity index (χ0v) is 9.14. The molecular weight excluding hydrogens is 236 g/mol. The summed E-state index contributed by atoms with van der Waals surface area (Å²) in [6.45, 7) is 0. The third kappa shape index (κ3) is 3.46. The molecule has 0 saturated heterocycles. The molecule has 0 bridgehead atoms. The topological polar surface area (TPSA) is 63.3 Å². The standard InChI is InChI=1S/C10H11F2NO2S/c11-7-2-1-3-8(12)6(7)4-16-5-9(13)10(14)15/h1-3,9H,4-5,13H2,(H,14,15). The summed E-state index contributed by atoms with van der Waals surface area (Å²) >= 11 is 1.09. The van der Waals surface area contributed by atoms with Crippen LogP contribution in [0.4, 0.5) is 8.78 Å². The average molecular weight is 247 g/mol. The summed E-state index contributed by atoms with van der Waals surface area (Å²) in [5.41, 5.74) is 5.20. The van der Waals surface area contributed by atoms with Crippen LogP contribution in [-0.4, -0.2) is 22.9 Å². The van der Waals surface area contributed by atoms with Gasteiger partial charge in [0, 0.05) is 17.1 Å². The molecule has 1 aromatic carbocycles. The van der Waals surface area contributed by atoms with Crippen LogP contribution in [0.3, 0.4) is 0 Å². The first-order valence-electron chi connectivity index (χ1n) is 4.51. The van der Waals surface area contributed by atoms with Gasteiger partial charge in [0.05, 0.1) is 0 Å². The fourth-order valence-corrected chi connectivity index (χ4v) is 2.02. The molecule has 3 nitrogen and oxygen atoms in total. The van der Waals surface area contributed by atoms with Crippen molar-refractivity contribution >= 4 is 17.7 Å². The van der Waals surface area contributed by atoms with Crippen LogP contribution >= 0.6 is 11.8 Å². The number of hydrogen-bond donors (Lipinski definition) is 2. The summed E-state index contributed by atoms with van der Waals surface area (Å²) in [6.07, 6.45) is 0. The van der Waals surface area contributed by atoms with Gasteiger partial charge in [-0.1, -0.05) is 6.07 Å². The summed E-state index contributed by atoms with van der Waals surface area (Å²) in [4.78, 5) is 10.4. The summed E-state index contributed by atoms with van der Waals surface area (Å²) in [6, 6.07) is 2.59. The van der Waals surface area contributed by atoms with Crippen molar-refractivity contribution in [1.82, 2.24) is 0 Å². The maximum Gasteiger partial charge on any atom is 0.321 e. The number of benzene rings is 1. The van der Waals surface area contributed by atoms with Gasteiger partial charge < -0.3 is 10.8 Å². The van der Waals surface area contributed by atoms with Gasteiger partial charge in [0.15, 0.2) is 0 Å². The van der Waals surface area contributed by atoms with Crippen molar-refractivity contribution in [2.45, 2.75) is 11.8 Å². The highest BCUT2D eigenvalue weighted by Gasteiger charge is 2.13. The van der Waals surface area contributed by atoms with E-state index in [4.69, 9.17) is 10.8 Å². The lowest BCUT2D eigenvalue weighted by atomic mass is 10.2. The second-order valence-corrected chi connectivity index (χ2v) is 4.19. The molecular formula is C10H11F2NO2S. The molecule has 0 aliphatic carbocycles. The second kappa shape index (κ2) is 5.81. The molecule has 3 N–H and O–H groups in total. The van der Waals surface area contributed by atoms with Gasteiger partial charge >= 0.3 is 5.97 Å². The molecule has 0 aliphatic rings. The first kappa shape index (κ1) is 12.9. The van der Waals surface area contributed by atoms with E-state index in [1.54, 1.807) is 0 Å². The van der Waals surface area contributed by atoms with E-state index >= 15 is 0 Å². The summed E-state index contributed by atoms with van der Waals surface area (Å²) in [7, 11) is 0.